The molecular weight excluding hydrogens is 390 g/mol. The number of carbonyl (C=O) groups is 2. The number of ketones is 1. The van der Waals surface area contributed by atoms with E-state index in [4.69, 9.17) is 0 Å². The molecule has 0 atom stereocenters. The van der Waals surface area contributed by atoms with Gasteiger partial charge in [-0.1, -0.05) is 42.5 Å². The van der Waals surface area contributed by atoms with Gasteiger partial charge in [-0.25, -0.2) is 9.50 Å². The number of amides is 1. The molecule has 156 valence electrons. The maximum absolute atomic E-state index is 12.9. The Morgan fingerprint density at radius 1 is 0.968 bits per heavy atom. The van der Waals surface area contributed by atoms with Gasteiger partial charge in [0.25, 0.3) is 0 Å². The highest BCUT2D eigenvalue weighted by molar-refractivity contribution is 6.12. The van der Waals surface area contributed by atoms with Gasteiger partial charge in [0.1, 0.15) is 0 Å². The Morgan fingerprint density at radius 3 is 2.48 bits per heavy atom. The summed E-state index contributed by atoms with van der Waals surface area (Å²) in [5.74, 6) is -0.125. The van der Waals surface area contributed by atoms with Gasteiger partial charge in [-0.15, -0.1) is 0 Å². The largest absolute Gasteiger partial charge is 0.314 e. The molecule has 0 bridgehead atoms. The summed E-state index contributed by atoms with van der Waals surface area (Å²) in [7, 11) is 5.49. The van der Waals surface area contributed by atoms with Crippen LogP contribution in [0.2, 0.25) is 0 Å². The van der Waals surface area contributed by atoms with Gasteiger partial charge in [-0.2, -0.15) is 5.10 Å². The lowest BCUT2D eigenvalue weighted by molar-refractivity contribution is -0.118. The van der Waals surface area contributed by atoms with Gasteiger partial charge < -0.3 is 9.80 Å². The summed E-state index contributed by atoms with van der Waals surface area (Å²) in [6.45, 7) is 0.324. The molecule has 0 saturated heterocycles. The molecule has 0 spiro atoms. The molecule has 4 aromatic rings. The van der Waals surface area contributed by atoms with Gasteiger partial charge in [0, 0.05) is 30.1 Å². The number of rotatable bonds is 6. The van der Waals surface area contributed by atoms with Gasteiger partial charge in [0.15, 0.2) is 11.4 Å². The van der Waals surface area contributed by atoms with Crippen LogP contribution in [0, 0.1) is 0 Å². The van der Waals surface area contributed by atoms with E-state index in [1.54, 1.807) is 41.0 Å². The molecule has 0 unspecified atom stereocenters. The molecule has 4 rings (SSSR count). The number of anilines is 1. The van der Waals surface area contributed by atoms with E-state index in [1.165, 1.54) is 0 Å². The van der Waals surface area contributed by atoms with Crippen molar-refractivity contribution in [2.75, 3.05) is 32.6 Å². The second-order valence-corrected chi connectivity index (χ2v) is 7.56. The average Bonchev–Trinajstić information content (AvgIpc) is 3.22. The van der Waals surface area contributed by atoms with Gasteiger partial charge in [-0.3, -0.25) is 9.59 Å². The molecular formula is C24H23N5O2. The fourth-order valence-electron chi connectivity index (χ4n) is 3.41. The van der Waals surface area contributed by atoms with Gasteiger partial charge >= 0.3 is 0 Å². The molecule has 2 aromatic heterocycles. The number of aromatic nitrogens is 3. The topological polar surface area (TPSA) is 70.8 Å². The van der Waals surface area contributed by atoms with E-state index in [2.05, 4.69) is 10.1 Å². The average molecular weight is 413 g/mol. The zero-order valence-corrected chi connectivity index (χ0v) is 17.7. The molecule has 1 amide bonds. The molecule has 2 heterocycles. The van der Waals surface area contributed by atoms with Crippen molar-refractivity contribution in [2.24, 2.45) is 0 Å². The van der Waals surface area contributed by atoms with Gasteiger partial charge in [0.2, 0.25) is 5.91 Å². The molecule has 0 aliphatic rings. The van der Waals surface area contributed by atoms with Crippen LogP contribution in [0.15, 0.2) is 73.1 Å². The zero-order chi connectivity index (χ0) is 22.0. The highest BCUT2D eigenvalue weighted by Crippen LogP contribution is 2.26. The Bertz CT molecular complexity index is 1250. The van der Waals surface area contributed by atoms with Crippen LogP contribution in [0.1, 0.15) is 15.9 Å². The molecule has 0 radical (unpaired) electrons. The lowest BCUT2D eigenvalue weighted by Crippen LogP contribution is -2.34. The van der Waals surface area contributed by atoms with Crippen molar-refractivity contribution in [1.82, 2.24) is 19.5 Å². The van der Waals surface area contributed by atoms with Crippen LogP contribution in [-0.2, 0) is 4.79 Å². The monoisotopic (exact) mass is 413 g/mol. The number of hydrogen-bond donors (Lipinski definition) is 0. The SMILES string of the molecule is CN(C)CC(=O)N(C)c1cccc(-c2ccnc3c(C(=O)c4ccccc4)cnn23)c1. The Labute approximate surface area is 180 Å². The van der Waals surface area contributed by atoms with E-state index in [-0.39, 0.29) is 11.7 Å². The minimum Gasteiger partial charge on any atom is -0.314 e. The molecule has 31 heavy (non-hydrogen) atoms. The minimum absolute atomic E-state index is 0.00291. The molecule has 0 fully saturated rings. The van der Waals surface area contributed by atoms with Crippen molar-refractivity contribution in [1.29, 1.82) is 0 Å². The Hall–Kier alpha value is -3.84. The molecule has 0 N–H and O–H groups in total. The third-order valence-corrected chi connectivity index (χ3v) is 5.04. The van der Waals surface area contributed by atoms with Crippen molar-refractivity contribution in [3.63, 3.8) is 0 Å². The number of benzene rings is 2. The van der Waals surface area contributed by atoms with Crippen LogP contribution in [0.25, 0.3) is 16.9 Å². The maximum atomic E-state index is 12.9. The van der Waals surface area contributed by atoms with E-state index in [1.807, 2.05) is 67.5 Å². The number of nitrogens with zero attached hydrogens (tertiary/aromatic N) is 5. The van der Waals surface area contributed by atoms with Crippen LogP contribution in [0.5, 0.6) is 0 Å². The van der Waals surface area contributed by atoms with E-state index in [9.17, 15) is 9.59 Å². The standard InChI is InChI=1S/C24H23N5O2/c1-27(2)16-22(30)28(3)19-11-7-10-18(14-19)21-12-13-25-24-20(15-26-29(21)24)23(31)17-8-5-4-6-9-17/h4-15H,16H2,1-3H3. The lowest BCUT2D eigenvalue weighted by atomic mass is 10.1. The summed E-state index contributed by atoms with van der Waals surface area (Å²) in [5, 5.41) is 4.44. The molecule has 0 aliphatic heterocycles. The van der Waals surface area contributed by atoms with Gasteiger partial charge in [0.05, 0.1) is 24.0 Å². The quantitative estimate of drug-likeness (QED) is 0.454. The van der Waals surface area contributed by atoms with Crippen molar-refractivity contribution < 1.29 is 9.59 Å². The van der Waals surface area contributed by atoms with E-state index in [0.717, 1.165) is 16.9 Å². The summed E-state index contributed by atoms with van der Waals surface area (Å²) in [6.07, 6.45) is 3.22. The van der Waals surface area contributed by atoms with Crippen molar-refractivity contribution >= 4 is 23.0 Å². The third kappa shape index (κ3) is 4.08. The molecule has 0 saturated carbocycles. The number of hydrogen-bond acceptors (Lipinski definition) is 5. The number of fused-ring (bicyclic) bond motifs is 1. The second kappa shape index (κ2) is 8.49. The van der Waals surface area contributed by atoms with Crippen molar-refractivity contribution in [3.8, 4) is 11.3 Å². The Morgan fingerprint density at radius 2 is 1.74 bits per heavy atom. The predicted octanol–water partition coefficient (Wildman–Crippen LogP) is 3.15. The van der Waals surface area contributed by atoms with E-state index in [0.29, 0.717) is 23.3 Å². The lowest BCUT2D eigenvalue weighted by Gasteiger charge is -2.20. The first-order chi connectivity index (χ1) is 15.0. The Balaban J connectivity index is 1.72. The van der Waals surface area contributed by atoms with Crippen LogP contribution in [-0.4, -0.2) is 58.9 Å². The van der Waals surface area contributed by atoms with Crippen LogP contribution in [0.4, 0.5) is 5.69 Å². The molecule has 7 heteroatoms. The maximum Gasteiger partial charge on any atom is 0.240 e. The highest BCUT2D eigenvalue weighted by atomic mass is 16.2. The van der Waals surface area contributed by atoms with Crippen LogP contribution in [0.3, 0.4) is 0 Å². The summed E-state index contributed by atoms with van der Waals surface area (Å²) in [6, 6.07) is 18.6. The molecule has 0 aliphatic carbocycles. The van der Waals surface area contributed by atoms with Gasteiger partial charge in [-0.05, 0) is 32.3 Å². The summed E-state index contributed by atoms with van der Waals surface area (Å²) < 4.78 is 1.66. The summed E-state index contributed by atoms with van der Waals surface area (Å²) >= 11 is 0. The first-order valence-corrected chi connectivity index (χ1v) is 9.90. The fraction of sp³-hybridized carbons (Fsp3) is 0.167. The smallest absolute Gasteiger partial charge is 0.240 e. The normalized spacial score (nSPS) is 11.1. The number of likely N-dealkylation sites (N-methyl/N-ethyl adjacent to an activating group) is 2. The zero-order valence-electron chi connectivity index (χ0n) is 17.7. The molecule has 2 aromatic carbocycles. The fourth-order valence-corrected chi connectivity index (χ4v) is 3.41. The minimum atomic E-state index is -0.122. The summed E-state index contributed by atoms with van der Waals surface area (Å²) in [5.41, 5.74) is 3.97. The van der Waals surface area contributed by atoms with Crippen LogP contribution >= 0.6 is 0 Å². The molecule has 7 nitrogen and oxygen atoms in total. The van der Waals surface area contributed by atoms with E-state index < -0.39 is 0 Å². The first kappa shape index (κ1) is 20.4. The summed E-state index contributed by atoms with van der Waals surface area (Å²) in [4.78, 5) is 33.3. The van der Waals surface area contributed by atoms with Crippen molar-refractivity contribution in [3.05, 3.63) is 84.2 Å². The van der Waals surface area contributed by atoms with E-state index >= 15 is 0 Å². The third-order valence-electron chi connectivity index (χ3n) is 5.04. The first-order valence-electron chi connectivity index (χ1n) is 9.90. The van der Waals surface area contributed by atoms with Crippen molar-refractivity contribution in [2.45, 2.75) is 0 Å². The second-order valence-electron chi connectivity index (χ2n) is 7.56. The van der Waals surface area contributed by atoms with Crippen LogP contribution < -0.4 is 4.90 Å². The predicted molar refractivity (Wildman–Crippen MR) is 120 cm³/mol. The highest BCUT2D eigenvalue weighted by Gasteiger charge is 2.18. The Kier molecular flexibility index (Phi) is 5.60. The number of carbonyl (C=O) groups excluding carboxylic acids is 2.